The molecular weight excluding hydrogens is 268 g/mol. The molecular formula is C17H18O2S. The second-order valence-electron chi connectivity index (χ2n) is 4.59. The van der Waals surface area contributed by atoms with Crippen LogP contribution in [0.2, 0.25) is 0 Å². The summed E-state index contributed by atoms with van der Waals surface area (Å²) in [4.78, 5) is 12.0. The van der Waals surface area contributed by atoms with Crippen molar-refractivity contribution in [1.82, 2.24) is 0 Å². The predicted octanol–water partition coefficient (Wildman–Crippen LogP) is 5.38. The average Bonchev–Trinajstić information content (AvgIpc) is 2.49. The fourth-order valence-corrected chi connectivity index (χ4v) is 2.68. The maximum Gasteiger partial charge on any atom is 0.368 e. The smallest absolute Gasteiger partial charge is 0.368 e. The van der Waals surface area contributed by atoms with Gasteiger partial charge in [0.15, 0.2) is 0 Å². The zero-order chi connectivity index (χ0) is 14.4. The van der Waals surface area contributed by atoms with Gasteiger partial charge in [0.1, 0.15) is 6.10 Å². The Morgan fingerprint density at radius 1 is 0.900 bits per heavy atom. The molecule has 0 aliphatic carbocycles. The zero-order valence-electron chi connectivity index (χ0n) is 11.7. The monoisotopic (exact) mass is 286 g/mol. The topological polar surface area (TPSA) is 26.3 Å². The maximum atomic E-state index is 12.0. The van der Waals surface area contributed by atoms with Crippen molar-refractivity contribution in [3.8, 4) is 0 Å². The van der Waals surface area contributed by atoms with Crippen molar-refractivity contribution < 1.29 is 9.53 Å². The molecule has 0 heterocycles. The summed E-state index contributed by atoms with van der Waals surface area (Å²) in [7, 11) is 0. The zero-order valence-corrected chi connectivity index (χ0v) is 12.5. The number of carbonyl (C=O) groups excluding carboxylic acids is 1. The van der Waals surface area contributed by atoms with Crippen LogP contribution in [-0.2, 0) is 4.74 Å². The normalized spacial score (nSPS) is 13.5. The van der Waals surface area contributed by atoms with E-state index in [0.29, 0.717) is 0 Å². The van der Waals surface area contributed by atoms with Crippen LogP contribution in [0.25, 0.3) is 0 Å². The molecule has 0 spiro atoms. The van der Waals surface area contributed by atoms with Gasteiger partial charge in [0.2, 0.25) is 0 Å². The summed E-state index contributed by atoms with van der Waals surface area (Å²) in [5, 5.41) is -0.149. The molecule has 0 aromatic heterocycles. The molecule has 2 rings (SSSR count). The molecule has 0 amide bonds. The number of ether oxygens (including phenoxy) is 1. The molecule has 0 saturated heterocycles. The molecule has 0 radical (unpaired) electrons. The summed E-state index contributed by atoms with van der Waals surface area (Å²) in [6.45, 7) is 3.90. The van der Waals surface area contributed by atoms with Gasteiger partial charge in [-0.05, 0) is 36.7 Å². The van der Waals surface area contributed by atoms with E-state index in [-0.39, 0.29) is 16.7 Å². The average molecular weight is 286 g/mol. The number of benzene rings is 2. The number of hydrogen-bond acceptors (Lipinski definition) is 3. The van der Waals surface area contributed by atoms with E-state index in [4.69, 9.17) is 4.74 Å². The minimum absolute atomic E-state index is 0.0895. The summed E-state index contributed by atoms with van der Waals surface area (Å²) in [6.07, 6.45) is -0.223. The molecule has 0 saturated carbocycles. The third-order valence-corrected chi connectivity index (χ3v) is 4.00. The minimum atomic E-state index is -0.238. The molecule has 0 bridgehead atoms. The standard InChI is InChI=1S/C17H18O2S/c1-13(15-9-5-3-6-10-15)19-17(18)20-14(2)16-11-7-4-8-12-16/h3-14H,1-2H3. The van der Waals surface area contributed by atoms with Gasteiger partial charge in [-0.1, -0.05) is 60.7 Å². The molecule has 104 valence electrons. The molecule has 0 fully saturated rings. The lowest BCUT2D eigenvalue weighted by atomic mass is 10.1. The highest BCUT2D eigenvalue weighted by atomic mass is 32.2. The predicted molar refractivity (Wildman–Crippen MR) is 83.8 cm³/mol. The summed E-state index contributed by atoms with van der Waals surface area (Å²) in [6, 6.07) is 19.7. The fraction of sp³-hybridized carbons (Fsp3) is 0.235. The van der Waals surface area contributed by atoms with Gasteiger partial charge in [0, 0.05) is 5.25 Å². The summed E-state index contributed by atoms with van der Waals surface area (Å²) in [5.41, 5.74) is 2.13. The molecule has 2 nitrogen and oxygen atoms in total. The first kappa shape index (κ1) is 14.7. The van der Waals surface area contributed by atoms with Crippen molar-refractivity contribution in [2.75, 3.05) is 0 Å². The van der Waals surface area contributed by atoms with E-state index in [2.05, 4.69) is 0 Å². The van der Waals surface area contributed by atoms with Crippen LogP contribution in [0.5, 0.6) is 0 Å². The Morgan fingerprint density at radius 3 is 1.95 bits per heavy atom. The Kier molecular flexibility index (Phi) is 5.24. The summed E-state index contributed by atoms with van der Waals surface area (Å²) >= 11 is 1.21. The van der Waals surface area contributed by atoms with Gasteiger partial charge in [-0.15, -0.1) is 0 Å². The molecule has 2 aromatic carbocycles. The van der Waals surface area contributed by atoms with E-state index < -0.39 is 0 Å². The van der Waals surface area contributed by atoms with Crippen LogP contribution >= 0.6 is 11.8 Å². The number of hydrogen-bond donors (Lipinski definition) is 0. The van der Waals surface area contributed by atoms with E-state index in [1.165, 1.54) is 11.8 Å². The van der Waals surface area contributed by atoms with E-state index in [1.807, 2.05) is 74.5 Å². The maximum absolute atomic E-state index is 12.0. The fourth-order valence-electron chi connectivity index (χ4n) is 1.90. The number of carbonyl (C=O) groups is 1. The summed E-state index contributed by atoms with van der Waals surface area (Å²) < 4.78 is 5.45. The van der Waals surface area contributed by atoms with Crippen molar-refractivity contribution in [3.05, 3.63) is 71.8 Å². The van der Waals surface area contributed by atoms with E-state index in [9.17, 15) is 4.79 Å². The molecule has 2 atom stereocenters. The SMILES string of the molecule is CC(OC(=O)SC(C)c1ccccc1)c1ccccc1. The van der Waals surface area contributed by atoms with Crippen LogP contribution in [-0.4, -0.2) is 5.30 Å². The van der Waals surface area contributed by atoms with E-state index in [0.717, 1.165) is 11.1 Å². The van der Waals surface area contributed by atoms with Crippen molar-refractivity contribution >= 4 is 17.1 Å². The van der Waals surface area contributed by atoms with Crippen molar-refractivity contribution in [2.24, 2.45) is 0 Å². The van der Waals surface area contributed by atoms with Gasteiger partial charge in [0.25, 0.3) is 0 Å². The highest BCUT2D eigenvalue weighted by Crippen LogP contribution is 2.31. The second-order valence-corrected chi connectivity index (χ2v) is 5.87. The number of rotatable bonds is 4. The Bertz CT molecular complexity index is 490. The van der Waals surface area contributed by atoms with Crippen LogP contribution in [0, 0.1) is 0 Å². The Hall–Kier alpha value is -1.74. The molecule has 20 heavy (non-hydrogen) atoms. The van der Waals surface area contributed by atoms with Gasteiger partial charge in [0.05, 0.1) is 0 Å². The first-order valence-corrected chi connectivity index (χ1v) is 7.52. The lowest BCUT2D eigenvalue weighted by molar-refractivity contribution is 0.133. The van der Waals surface area contributed by atoms with Crippen LogP contribution in [0.15, 0.2) is 60.7 Å². The Labute approximate surface area is 124 Å². The lowest BCUT2D eigenvalue weighted by Gasteiger charge is -2.15. The molecule has 0 N–H and O–H groups in total. The molecule has 2 aromatic rings. The lowest BCUT2D eigenvalue weighted by Crippen LogP contribution is -2.05. The molecule has 0 aliphatic rings. The minimum Gasteiger partial charge on any atom is -0.450 e. The summed E-state index contributed by atoms with van der Waals surface area (Å²) in [5.74, 6) is 0. The Balaban J connectivity index is 1.90. The first-order valence-electron chi connectivity index (χ1n) is 6.64. The second kappa shape index (κ2) is 7.15. The van der Waals surface area contributed by atoms with Gasteiger partial charge in [-0.25, -0.2) is 4.79 Å². The molecule has 2 unspecified atom stereocenters. The highest BCUT2D eigenvalue weighted by Gasteiger charge is 2.16. The number of thioether (sulfide) groups is 1. The van der Waals surface area contributed by atoms with Gasteiger partial charge in [-0.2, -0.15) is 0 Å². The third kappa shape index (κ3) is 4.14. The Morgan fingerprint density at radius 2 is 1.40 bits per heavy atom. The van der Waals surface area contributed by atoms with Crippen molar-refractivity contribution in [2.45, 2.75) is 25.2 Å². The highest BCUT2D eigenvalue weighted by molar-refractivity contribution is 8.13. The largest absolute Gasteiger partial charge is 0.450 e. The van der Waals surface area contributed by atoms with Crippen LogP contribution in [0.3, 0.4) is 0 Å². The van der Waals surface area contributed by atoms with Gasteiger partial charge < -0.3 is 4.74 Å². The first-order chi connectivity index (χ1) is 9.66. The van der Waals surface area contributed by atoms with Crippen molar-refractivity contribution in [3.63, 3.8) is 0 Å². The molecule has 3 heteroatoms. The van der Waals surface area contributed by atoms with Gasteiger partial charge >= 0.3 is 5.30 Å². The van der Waals surface area contributed by atoms with Crippen LogP contribution < -0.4 is 0 Å². The molecule has 0 aliphatic heterocycles. The van der Waals surface area contributed by atoms with E-state index >= 15 is 0 Å². The van der Waals surface area contributed by atoms with Crippen LogP contribution in [0.1, 0.15) is 36.3 Å². The van der Waals surface area contributed by atoms with E-state index in [1.54, 1.807) is 0 Å². The van der Waals surface area contributed by atoms with Crippen molar-refractivity contribution in [1.29, 1.82) is 0 Å². The van der Waals surface area contributed by atoms with Crippen LogP contribution in [0.4, 0.5) is 4.79 Å². The quantitative estimate of drug-likeness (QED) is 0.706. The van der Waals surface area contributed by atoms with Gasteiger partial charge in [-0.3, -0.25) is 0 Å². The third-order valence-electron chi connectivity index (χ3n) is 3.08.